The van der Waals surface area contributed by atoms with Crippen molar-refractivity contribution in [1.29, 1.82) is 0 Å². The number of rotatable bonds is 3. The molecule has 1 N–H and O–H groups in total. The highest BCUT2D eigenvalue weighted by molar-refractivity contribution is 7.90. The van der Waals surface area contributed by atoms with Crippen LogP contribution >= 0.6 is 0 Å². The molecule has 108 valence electrons. The Morgan fingerprint density at radius 1 is 1.45 bits per heavy atom. The van der Waals surface area contributed by atoms with E-state index in [0.29, 0.717) is 0 Å². The smallest absolute Gasteiger partial charge is 0.416 e. The zero-order valence-corrected chi connectivity index (χ0v) is 11.7. The van der Waals surface area contributed by atoms with Gasteiger partial charge in [-0.2, -0.15) is 0 Å². The van der Waals surface area contributed by atoms with Crippen LogP contribution in [0.25, 0.3) is 0 Å². The first kappa shape index (κ1) is 14.5. The number of ketones is 1. The van der Waals surface area contributed by atoms with Gasteiger partial charge in [0, 0.05) is 11.8 Å². The van der Waals surface area contributed by atoms with E-state index in [2.05, 4.69) is 4.74 Å². The van der Waals surface area contributed by atoms with Crippen molar-refractivity contribution in [3.8, 4) is 0 Å². The van der Waals surface area contributed by atoms with Gasteiger partial charge in [-0.15, -0.1) is 0 Å². The molecule has 1 aromatic rings. The standard InChI is InChI=1S/C12H13NO6S/c1-7(14)9-4-3-8(5-10(9)20(2,17)18)13-11(15)6-19-12(13)16/h3-5,11,15H,6H2,1-2H3/t11-/m1/s1. The number of sulfone groups is 1. The Kier molecular flexibility index (Phi) is 3.53. The summed E-state index contributed by atoms with van der Waals surface area (Å²) in [5, 5.41) is 9.65. The Balaban J connectivity index is 2.59. The molecule has 0 aromatic heterocycles. The van der Waals surface area contributed by atoms with E-state index in [0.717, 1.165) is 11.2 Å². The third-order valence-electron chi connectivity index (χ3n) is 2.87. The second kappa shape index (κ2) is 4.88. The summed E-state index contributed by atoms with van der Waals surface area (Å²) in [5.74, 6) is -0.401. The van der Waals surface area contributed by atoms with E-state index in [9.17, 15) is 23.1 Å². The van der Waals surface area contributed by atoms with E-state index in [1.54, 1.807) is 0 Å². The van der Waals surface area contributed by atoms with Gasteiger partial charge in [-0.3, -0.25) is 4.79 Å². The van der Waals surface area contributed by atoms with Crippen LogP contribution in [-0.4, -0.2) is 44.5 Å². The fraction of sp³-hybridized carbons (Fsp3) is 0.333. The zero-order valence-electron chi connectivity index (χ0n) is 10.9. The van der Waals surface area contributed by atoms with Crippen molar-refractivity contribution in [2.24, 2.45) is 0 Å². The lowest BCUT2D eigenvalue weighted by Crippen LogP contribution is -2.33. The van der Waals surface area contributed by atoms with Crippen molar-refractivity contribution in [3.05, 3.63) is 23.8 Å². The van der Waals surface area contributed by atoms with Crippen molar-refractivity contribution >= 4 is 27.4 Å². The van der Waals surface area contributed by atoms with Gasteiger partial charge < -0.3 is 9.84 Å². The molecule has 1 saturated heterocycles. The van der Waals surface area contributed by atoms with Crippen molar-refractivity contribution in [2.75, 3.05) is 17.8 Å². The SMILES string of the molecule is CC(=O)c1ccc(N2C(=O)OC[C@H]2O)cc1S(C)(=O)=O. The van der Waals surface area contributed by atoms with Crippen LogP contribution in [0.4, 0.5) is 10.5 Å². The molecule has 20 heavy (non-hydrogen) atoms. The number of ether oxygens (including phenoxy) is 1. The topological polar surface area (TPSA) is 101 Å². The second-order valence-electron chi connectivity index (χ2n) is 4.44. The van der Waals surface area contributed by atoms with Gasteiger partial charge >= 0.3 is 6.09 Å². The highest BCUT2D eigenvalue weighted by Crippen LogP contribution is 2.27. The number of cyclic esters (lactones) is 1. The summed E-state index contributed by atoms with van der Waals surface area (Å²) < 4.78 is 28.1. The number of Topliss-reactive ketones (excluding diaryl/α,β-unsaturated/α-hetero) is 1. The molecule has 0 spiro atoms. The van der Waals surface area contributed by atoms with E-state index in [-0.39, 0.29) is 22.8 Å². The molecule has 1 heterocycles. The minimum Gasteiger partial charge on any atom is -0.444 e. The van der Waals surface area contributed by atoms with Gasteiger partial charge in [0.05, 0.1) is 10.6 Å². The molecule has 1 atom stereocenters. The number of hydrogen-bond donors (Lipinski definition) is 1. The van der Waals surface area contributed by atoms with E-state index in [1.165, 1.54) is 25.1 Å². The van der Waals surface area contributed by atoms with Gasteiger partial charge in [-0.05, 0) is 25.1 Å². The summed E-state index contributed by atoms with van der Waals surface area (Å²) in [6.45, 7) is 1.06. The molecule has 1 aliphatic rings. The molecule has 0 unspecified atom stereocenters. The fourth-order valence-corrected chi connectivity index (χ4v) is 2.89. The summed E-state index contributed by atoms with van der Waals surface area (Å²) in [5.41, 5.74) is 0.198. The molecule has 0 radical (unpaired) electrons. The average Bonchev–Trinajstić information content (AvgIpc) is 2.67. The van der Waals surface area contributed by atoms with E-state index in [1.807, 2.05) is 0 Å². The Morgan fingerprint density at radius 3 is 2.55 bits per heavy atom. The summed E-state index contributed by atoms with van der Waals surface area (Å²) in [7, 11) is -3.65. The van der Waals surface area contributed by atoms with E-state index >= 15 is 0 Å². The summed E-state index contributed by atoms with van der Waals surface area (Å²) in [4.78, 5) is 23.7. The monoisotopic (exact) mass is 299 g/mol. The van der Waals surface area contributed by atoms with Gasteiger partial charge in [0.25, 0.3) is 0 Å². The maximum Gasteiger partial charge on any atom is 0.416 e. The Morgan fingerprint density at radius 2 is 2.10 bits per heavy atom. The lowest BCUT2D eigenvalue weighted by Gasteiger charge is -2.18. The number of carbonyl (C=O) groups is 2. The quantitative estimate of drug-likeness (QED) is 0.819. The Hall–Kier alpha value is -1.93. The lowest BCUT2D eigenvalue weighted by atomic mass is 10.1. The minimum absolute atomic E-state index is 0.0401. The van der Waals surface area contributed by atoms with Gasteiger partial charge in [0.15, 0.2) is 21.8 Å². The predicted molar refractivity (Wildman–Crippen MR) is 69.4 cm³/mol. The Labute approximate surface area is 115 Å². The molecular formula is C12H13NO6S. The molecule has 1 fully saturated rings. The maximum absolute atomic E-state index is 11.7. The summed E-state index contributed by atoms with van der Waals surface area (Å²) in [6, 6.07) is 3.88. The molecule has 0 aliphatic carbocycles. The second-order valence-corrected chi connectivity index (χ2v) is 6.42. The number of anilines is 1. The van der Waals surface area contributed by atoms with Gasteiger partial charge in [0.2, 0.25) is 0 Å². The predicted octanol–water partition coefficient (Wildman–Crippen LogP) is 0.568. The van der Waals surface area contributed by atoms with Gasteiger partial charge in [-0.1, -0.05) is 0 Å². The molecule has 0 bridgehead atoms. The molecule has 1 amide bonds. The summed E-state index contributed by atoms with van der Waals surface area (Å²) in [6.07, 6.45) is -0.984. The number of aliphatic hydroxyl groups excluding tert-OH is 1. The molecule has 7 nitrogen and oxygen atoms in total. The third-order valence-corrected chi connectivity index (χ3v) is 4.01. The first-order valence-electron chi connectivity index (χ1n) is 5.71. The molecule has 0 saturated carbocycles. The van der Waals surface area contributed by atoms with Gasteiger partial charge in [-0.25, -0.2) is 18.1 Å². The van der Waals surface area contributed by atoms with Crippen LogP contribution < -0.4 is 4.90 Å². The van der Waals surface area contributed by atoms with Crippen LogP contribution in [0.3, 0.4) is 0 Å². The number of amides is 1. The van der Waals surface area contributed by atoms with Crippen LogP contribution in [0.2, 0.25) is 0 Å². The van der Waals surface area contributed by atoms with Crippen molar-refractivity contribution in [3.63, 3.8) is 0 Å². The van der Waals surface area contributed by atoms with Crippen molar-refractivity contribution < 1.29 is 27.9 Å². The normalized spacial score (nSPS) is 19.1. The zero-order chi connectivity index (χ0) is 15.1. The van der Waals surface area contributed by atoms with Gasteiger partial charge in [0.1, 0.15) is 6.61 Å². The van der Waals surface area contributed by atoms with Crippen molar-refractivity contribution in [1.82, 2.24) is 0 Å². The largest absolute Gasteiger partial charge is 0.444 e. The van der Waals surface area contributed by atoms with Crippen LogP contribution in [-0.2, 0) is 14.6 Å². The number of nitrogens with zero attached hydrogens (tertiary/aromatic N) is 1. The number of aliphatic hydroxyl groups is 1. The van der Waals surface area contributed by atoms with E-state index in [4.69, 9.17) is 0 Å². The number of carbonyl (C=O) groups excluding carboxylic acids is 2. The van der Waals surface area contributed by atoms with Crippen molar-refractivity contribution in [2.45, 2.75) is 18.0 Å². The van der Waals surface area contributed by atoms with Crippen LogP contribution in [0.15, 0.2) is 23.1 Å². The van der Waals surface area contributed by atoms with Crippen LogP contribution in [0, 0.1) is 0 Å². The molecule has 2 rings (SSSR count). The number of benzene rings is 1. The highest BCUT2D eigenvalue weighted by Gasteiger charge is 2.33. The summed E-state index contributed by atoms with van der Waals surface area (Å²) >= 11 is 0. The van der Waals surface area contributed by atoms with Crippen LogP contribution in [0.5, 0.6) is 0 Å². The molecule has 1 aliphatic heterocycles. The highest BCUT2D eigenvalue weighted by atomic mass is 32.2. The maximum atomic E-state index is 11.7. The first-order valence-corrected chi connectivity index (χ1v) is 7.60. The first-order chi connectivity index (χ1) is 9.21. The Bertz CT molecular complexity index is 681. The average molecular weight is 299 g/mol. The lowest BCUT2D eigenvalue weighted by molar-refractivity contribution is 0.101. The molecule has 8 heteroatoms. The number of hydrogen-bond acceptors (Lipinski definition) is 6. The molecular weight excluding hydrogens is 286 g/mol. The minimum atomic E-state index is -3.65. The van der Waals surface area contributed by atoms with Crippen LogP contribution in [0.1, 0.15) is 17.3 Å². The third kappa shape index (κ3) is 2.52. The molecule has 1 aromatic carbocycles. The fourth-order valence-electron chi connectivity index (χ4n) is 1.95. The van der Waals surface area contributed by atoms with E-state index < -0.39 is 27.9 Å².